The van der Waals surface area contributed by atoms with Gasteiger partial charge in [-0.3, -0.25) is 4.79 Å². The van der Waals surface area contributed by atoms with E-state index in [1.807, 2.05) is 25.3 Å². The third-order valence-electron chi connectivity index (χ3n) is 2.78. The molecule has 3 nitrogen and oxygen atoms in total. The van der Waals surface area contributed by atoms with Crippen molar-refractivity contribution in [3.63, 3.8) is 0 Å². The first-order chi connectivity index (χ1) is 7.17. The molecule has 0 saturated carbocycles. The summed E-state index contributed by atoms with van der Waals surface area (Å²) in [6, 6.07) is 3.63. The molecule has 0 fully saturated rings. The van der Waals surface area contributed by atoms with Crippen LogP contribution >= 0.6 is 11.3 Å². The lowest BCUT2D eigenvalue weighted by atomic mass is 9.94. The SMILES string of the molecule is CCC(CC)(CO)NC(=O)c1cccs1. The van der Waals surface area contributed by atoms with Gasteiger partial charge in [-0.05, 0) is 24.3 Å². The maximum atomic E-state index is 11.8. The Hall–Kier alpha value is -0.870. The van der Waals surface area contributed by atoms with Crippen molar-refractivity contribution in [3.05, 3.63) is 22.4 Å². The standard InChI is InChI=1S/C11H17NO2S/c1-3-11(4-2,8-13)12-10(14)9-6-5-7-15-9/h5-7,13H,3-4,8H2,1-2H3,(H,12,14). The predicted octanol–water partition coefficient (Wildman–Crippen LogP) is 2.03. The van der Waals surface area contributed by atoms with E-state index in [1.165, 1.54) is 11.3 Å². The fraction of sp³-hybridized carbons (Fsp3) is 0.545. The first-order valence-corrected chi connectivity index (χ1v) is 6.02. The molecule has 0 unspecified atom stereocenters. The lowest BCUT2D eigenvalue weighted by Crippen LogP contribution is -2.50. The summed E-state index contributed by atoms with van der Waals surface area (Å²) in [5.74, 6) is -0.0947. The fourth-order valence-corrected chi connectivity index (χ4v) is 2.02. The number of aliphatic hydroxyl groups is 1. The molecule has 1 heterocycles. The van der Waals surface area contributed by atoms with E-state index in [2.05, 4.69) is 5.32 Å². The van der Waals surface area contributed by atoms with Gasteiger partial charge in [-0.25, -0.2) is 0 Å². The van der Waals surface area contributed by atoms with Gasteiger partial charge in [-0.15, -0.1) is 11.3 Å². The summed E-state index contributed by atoms with van der Waals surface area (Å²) < 4.78 is 0. The molecule has 1 rings (SSSR count). The quantitative estimate of drug-likeness (QED) is 0.808. The molecule has 0 spiro atoms. The number of rotatable bonds is 5. The van der Waals surface area contributed by atoms with Gasteiger partial charge in [-0.2, -0.15) is 0 Å². The van der Waals surface area contributed by atoms with E-state index in [0.29, 0.717) is 4.88 Å². The number of carbonyl (C=O) groups is 1. The molecule has 2 N–H and O–H groups in total. The van der Waals surface area contributed by atoms with E-state index in [0.717, 1.165) is 12.8 Å². The van der Waals surface area contributed by atoms with Crippen molar-refractivity contribution >= 4 is 17.2 Å². The third kappa shape index (κ3) is 2.79. The van der Waals surface area contributed by atoms with Crippen LogP contribution < -0.4 is 5.32 Å². The average Bonchev–Trinajstić information content (AvgIpc) is 2.79. The molecular formula is C11H17NO2S. The Balaban J connectivity index is 2.71. The molecule has 0 aliphatic carbocycles. The number of aliphatic hydroxyl groups excluding tert-OH is 1. The molecule has 0 aliphatic heterocycles. The number of carbonyl (C=O) groups excluding carboxylic acids is 1. The van der Waals surface area contributed by atoms with Crippen molar-refractivity contribution in [1.82, 2.24) is 5.32 Å². The molecule has 1 aromatic rings. The normalized spacial score (nSPS) is 11.4. The highest BCUT2D eigenvalue weighted by atomic mass is 32.1. The highest BCUT2D eigenvalue weighted by Gasteiger charge is 2.27. The molecule has 1 aromatic heterocycles. The van der Waals surface area contributed by atoms with Crippen LogP contribution in [0.4, 0.5) is 0 Å². The number of thiophene rings is 1. The maximum absolute atomic E-state index is 11.8. The largest absolute Gasteiger partial charge is 0.394 e. The molecule has 1 amide bonds. The zero-order valence-corrected chi connectivity index (χ0v) is 9.93. The van der Waals surface area contributed by atoms with Crippen LogP contribution in [-0.2, 0) is 0 Å². The summed E-state index contributed by atoms with van der Waals surface area (Å²) in [5, 5.41) is 14.1. The van der Waals surface area contributed by atoms with E-state index in [1.54, 1.807) is 6.07 Å². The molecule has 0 radical (unpaired) electrons. The second-order valence-corrected chi connectivity index (χ2v) is 4.52. The third-order valence-corrected chi connectivity index (χ3v) is 3.65. The van der Waals surface area contributed by atoms with E-state index in [-0.39, 0.29) is 12.5 Å². The van der Waals surface area contributed by atoms with E-state index in [4.69, 9.17) is 0 Å². The van der Waals surface area contributed by atoms with Gasteiger partial charge in [0.2, 0.25) is 0 Å². The van der Waals surface area contributed by atoms with Gasteiger partial charge in [0, 0.05) is 0 Å². The van der Waals surface area contributed by atoms with Crippen LogP contribution in [0.2, 0.25) is 0 Å². The lowest BCUT2D eigenvalue weighted by Gasteiger charge is -2.30. The minimum Gasteiger partial charge on any atom is -0.394 e. The smallest absolute Gasteiger partial charge is 0.261 e. The van der Waals surface area contributed by atoms with Gasteiger partial charge >= 0.3 is 0 Å². The monoisotopic (exact) mass is 227 g/mol. The molecule has 0 saturated heterocycles. The van der Waals surface area contributed by atoms with Crippen LogP contribution in [-0.4, -0.2) is 23.2 Å². The van der Waals surface area contributed by atoms with Gasteiger partial charge in [0.25, 0.3) is 5.91 Å². The number of amides is 1. The molecule has 84 valence electrons. The second kappa shape index (κ2) is 5.28. The Bertz CT molecular complexity index is 296. The highest BCUT2D eigenvalue weighted by molar-refractivity contribution is 7.12. The summed E-state index contributed by atoms with van der Waals surface area (Å²) in [4.78, 5) is 12.5. The molecule has 0 aromatic carbocycles. The molecule has 15 heavy (non-hydrogen) atoms. The zero-order valence-electron chi connectivity index (χ0n) is 9.12. The van der Waals surface area contributed by atoms with Crippen molar-refractivity contribution in [1.29, 1.82) is 0 Å². The minimum atomic E-state index is -0.471. The predicted molar refractivity (Wildman–Crippen MR) is 62.2 cm³/mol. The summed E-state index contributed by atoms with van der Waals surface area (Å²) in [7, 11) is 0. The van der Waals surface area contributed by atoms with Gasteiger partial charge in [0.15, 0.2) is 0 Å². The molecule has 0 atom stereocenters. The Morgan fingerprint density at radius 1 is 1.53 bits per heavy atom. The van der Waals surface area contributed by atoms with Crippen molar-refractivity contribution in [3.8, 4) is 0 Å². The number of hydrogen-bond acceptors (Lipinski definition) is 3. The van der Waals surface area contributed by atoms with Gasteiger partial charge in [-0.1, -0.05) is 19.9 Å². The lowest BCUT2D eigenvalue weighted by molar-refractivity contribution is 0.0822. The van der Waals surface area contributed by atoms with Crippen molar-refractivity contribution in [2.75, 3.05) is 6.61 Å². The van der Waals surface area contributed by atoms with Crippen molar-refractivity contribution < 1.29 is 9.90 Å². The van der Waals surface area contributed by atoms with Crippen molar-refractivity contribution in [2.45, 2.75) is 32.2 Å². The Kier molecular flexibility index (Phi) is 4.29. The van der Waals surface area contributed by atoms with Crippen LogP contribution in [0, 0.1) is 0 Å². The first-order valence-electron chi connectivity index (χ1n) is 5.14. The average molecular weight is 227 g/mol. The highest BCUT2D eigenvalue weighted by Crippen LogP contribution is 2.16. The van der Waals surface area contributed by atoms with E-state index < -0.39 is 5.54 Å². The fourth-order valence-electron chi connectivity index (χ4n) is 1.40. The molecule has 0 bridgehead atoms. The number of hydrogen-bond donors (Lipinski definition) is 2. The molecular weight excluding hydrogens is 210 g/mol. The zero-order chi connectivity index (χ0) is 11.3. The Morgan fingerprint density at radius 3 is 2.60 bits per heavy atom. The first kappa shape index (κ1) is 12.2. The van der Waals surface area contributed by atoms with Crippen molar-refractivity contribution in [2.24, 2.45) is 0 Å². The van der Waals surface area contributed by atoms with Crippen LogP contribution in [0.3, 0.4) is 0 Å². The van der Waals surface area contributed by atoms with Gasteiger partial charge in [0.1, 0.15) is 0 Å². The maximum Gasteiger partial charge on any atom is 0.261 e. The topological polar surface area (TPSA) is 49.3 Å². The van der Waals surface area contributed by atoms with Gasteiger partial charge < -0.3 is 10.4 Å². The summed E-state index contributed by atoms with van der Waals surface area (Å²) in [6.07, 6.45) is 1.47. The van der Waals surface area contributed by atoms with Gasteiger partial charge in [0.05, 0.1) is 17.0 Å². The molecule has 4 heteroatoms. The minimum absolute atomic E-state index is 0.0168. The van der Waals surface area contributed by atoms with Crippen LogP contribution in [0.5, 0.6) is 0 Å². The van der Waals surface area contributed by atoms with Crippen LogP contribution in [0.15, 0.2) is 17.5 Å². The Labute approximate surface area is 94.1 Å². The Morgan fingerprint density at radius 2 is 2.20 bits per heavy atom. The number of nitrogens with one attached hydrogen (secondary N) is 1. The van der Waals surface area contributed by atoms with Crippen LogP contribution in [0.1, 0.15) is 36.4 Å². The molecule has 0 aliphatic rings. The van der Waals surface area contributed by atoms with E-state index in [9.17, 15) is 9.90 Å². The van der Waals surface area contributed by atoms with Crippen LogP contribution in [0.25, 0.3) is 0 Å². The van der Waals surface area contributed by atoms with E-state index >= 15 is 0 Å². The summed E-state index contributed by atoms with van der Waals surface area (Å²) in [5.41, 5.74) is -0.471. The summed E-state index contributed by atoms with van der Waals surface area (Å²) >= 11 is 1.41. The summed E-state index contributed by atoms with van der Waals surface area (Å²) in [6.45, 7) is 3.92. The second-order valence-electron chi connectivity index (χ2n) is 3.58.